The van der Waals surface area contributed by atoms with E-state index in [0.717, 1.165) is 44.5 Å². The van der Waals surface area contributed by atoms with Gasteiger partial charge in [-0.15, -0.1) is 0 Å². The third-order valence-electron chi connectivity index (χ3n) is 4.67. The summed E-state index contributed by atoms with van der Waals surface area (Å²) in [6.07, 6.45) is 4.83. The van der Waals surface area contributed by atoms with E-state index in [0.29, 0.717) is 30.6 Å². The lowest BCUT2D eigenvalue weighted by molar-refractivity contribution is -0.132. The number of piperidine rings is 1. The Morgan fingerprint density at radius 3 is 2.88 bits per heavy atom. The highest BCUT2D eigenvalue weighted by Gasteiger charge is 2.25. The van der Waals surface area contributed by atoms with Gasteiger partial charge < -0.3 is 15.0 Å². The highest BCUT2D eigenvalue weighted by Crippen LogP contribution is 2.22. The Bertz CT molecular complexity index is 598. The zero-order valence-corrected chi connectivity index (χ0v) is 14.3. The summed E-state index contributed by atoms with van der Waals surface area (Å²) in [5, 5.41) is 2.99. The first-order valence-corrected chi connectivity index (χ1v) is 8.97. The zero-order chi connectivity index (χ0) is 16.9. The molecule has 1 aromatic rings. The molecule has 1 N–H and O–H groups in total. The van der Waals surface area contributed by atoms with Crippen LogP contribution in [-0.2, 0) is 4.79 Å². The van der Waals surface area contributed by atoms with Gasteiger partial charge in [-0.05, 0) is 43.9 Å². The SMILES string of the molecule is CCC(=O)N1CCC[C@@H](COc2cccc(C(=O)NC3CC3)c2)C1. The van der Waals surface area contributed by atoms with Crippen molar-refractivity contribution in [2.75, 3.05) is 19.7 Å². The number of benzene rings is 1. The van der Waals surface area contributed by atoms with Crippen molar-refractivity contribution in [2.45, 2.75) is 45.1 Å². The number of carbonyl (C=O) groups is 2. The van der Waals surface area contributed by atoms with Crippen LogP contribution in [-0.4, -0.2) is 42.5 Å². The smallest absolute Gasteiger partial charge is 0.251 e. The van der Waals surface area contributed by atoms with Gasteiger partial charge in [0.15, 0.2) is 0 Å². The van der Waals surface area contributed by atoms with Gasteiger partial charge in [0.1, 0.15) is 5.75 Å². The fourth-order valence-electron chi connectivity index (χ4n) is 3.09. The number of rotatable bonds is 6. The second kappa shape index (κ2) is 7.69. The van der Waals surface area contributed by atoms with Crippen molar-refractivity contribution in [3.05, 3.63) is 29.8 Å². The molecule has 24 heavy (non-hydrogen) atoms. The maximum Gasteiger partial charge on any atom is 0.251 e. The van der Waals surface area contributed by atoms with Crippen LogP contribution in [0.15, 0.2) is 24.3 Å². The molecule has 0 bridgehead atoms. The molecule has 1 aromatic carbocycles. The lowest BCUT2D eigenvalue weighted by atomic mass is 9.98. The number of likely N-dealkylation sites (tertiary alicyclic amines) is 1. The van der Waals surface area contributed by atoms with Gasteiger partial charge in [-0.1, -0.05) is 13.0 Å². The molecule has 1 saturated heterocycles. The van der Waals surface area contributed by atoms with Crippen LogP contribution in [0.5, 0.6) is 5.75 Å². The van der Waals surface area contributed by atoms with Crippen LogP contribution in [0.1, 0.15) is 49.4 Å². The second-order valence-electron chi connectivity index (χ2n) is 6.79. The third kappa shape index (κ3) is 4.49. The zero-order valence-electron chi connectivity index (χ0n) is 14.3. The van der Waals surface area contributed by atoms with Gasteiger partial charge in [-0.25, -0.2) is 0 Å². The molecule has 5 heteroatoms. The minimum absolute atomic E-state index is 0.0275. The third-order valence-corrected chi connectivity index (χ3v) is 4.67. The first-order chi connectivity index (χ1) is 11.7. The van der Waals surface area contributed by atoms with Crippen LogP contribution < -0.4 is 10.1 Å². The van der Waals surface area contributed by atoms with E-state index in [1.807, 2.05) is 30.0 Å². The van der Waals surface area contributed by atoms with Crippen molar-refractivity contribution >= 4 is 11.8 Å². The lowest BCUT2D eigenvalue weighted by Crippen LogP contribution is -2.41. The molecule has 0 unspecified atom stereocenters. The summed E-state index contributed by atoms with van der Waals surface area (Å²) in [7, 11) is 0. The summed E-state index contributed by atoms with van der Waals surface area (Å²) in [6, 6.07) is 7.70. The van der Waals surface area contributed by atoms with Crippen molar-refractivity contribution < 1.29 is 14.3 Å². The van der Waals surface area contributed by atoms with Crippen LogP contribution >= 0.6 is 0 Å². The molecule has 1 aliphatic heterocycles. The Morgan fingerprint density at radius 2 is 2.12 bits per heavy atom. The normalized spacial score (nSPS) is 20.5. The summed E-state index contributed by atoms with van der Waals surface area (Å²) in [4.78, 5) is 25.9. The van der Waals surface area contributed by atoms with Crippen molar-refractivity contribution in [1.29, 1.82) is 0 Å². The van der Waals surface area contributed by atoms with Crippen LogP contribution in [0.3, 0.4) is 0 Å². The average Bonchev–Trinajstić information content (AvgIpc) is 3.43. The van der Waals surface area contributed by atoms with E-state index in [9.17, 15) is 9.59 Å². The summed E-state index contributed by atoms with van der Waals surface area (Å²) >= 11 is 0. The first-order valence-electron chi connectivity index (χ1n) is 8.97. The van der Waals surface area contributed by atoms with E-state index in [4.69, 9.17) is 4.74 Å². The van der Waals surface area contributed by atoms with Gasteiger partial charge in [0.05, 0.1) is 6.61 Å². The van der Waals surface area contributed by atoms with Gasteiger partial charge >= 0.3 is 0 Å². The molecule has 5 nitrogen and oxygen atoms in total. The maximum atomic E-state index is 12.1. The minimum atomic E-state index is -0.0275. The number of nitrogens with one attached hydrogen (secondary N) is 1. The average molecular weight is 330 g/mol. The van der Waals surface area contributed by atoms with Gasteiger partial charge in [0.2, 0.25) is 5.91 Å². The molecule has 1 atom stereocenters. The molecule has 1 aliphatic carbocycles. The molecule has 2 amide bonds. The van der Waals surface area contributed by atoms with Gasteiger partial charge in [0.25, 0.3) is 5.91 Å². The quantitative estimate of drug-likeness (QED) is 0.872. The molecule has 1 heterocycles. The van der Waals surface area contributed by atoms with Gasteiger partial charge in [-0.2, -0.15) is 0 Å². The Labute approximate surface area is 143 Å². The molecule has 3 rings (SSSR count). The largest absolute Gasteiger partial charge is 0.493 e. The maximum absolute atomic E-state index is 12.1. The highest BCUT2D eigenvalue weighted by atomic mass is 16.5. The number of amides is 2. The van der Waals surface area contributed by atoms with Crippen molar-refractivity contribution in [1.82, 2.24) is 10.2 Å². The van der Waals surface area contributed by atoms with E-state index in [1.165, 1.54) is 0 Å². The molecular weight excluding hydrogens is 304 g/mol. The number of hydrogen-bond acceptors (Lipinski definition) is 3. The molecule has 2 aliphatic rings. The monoisotopic (exact) mass is 330 g/mol. The van der Waals surface area contributed by atoms with Crippen LogP contribution in [0.25, 0.3) is 0 Å². The number of nitrogens with zero attached hydrogens (tertiary/aromatic N) is 1. The van der Waals surface area contributed by atoms with E-state index >= 15 is 0 Å². The highest BCUT2D eigenvalue weighted by molar-refractivity contribution is 5.94. The van der Waals surface area contributed by atoms with E-state index in [1.54, 1.807) is 6.07 Å². The van der Waals surface area contributed by atoms with E-state index in [2.05, 4.69) is 5.32 Å². The summed E-state index contributed by atoms with van der Waals surface area (Å²) in [5.74, 6) is 1.27. The summed E-state index contributed by atoms with van der Waals surface area (Å²) in [5.41, 5.74) is 0.644. The Morgan fingerprint density at radius 1 is 1.29 bits per heavy atom. The Hall–Kier alpha value is -2.04. The number of hydrogen-bond donors (Lipinski definition) is 1. The van der Waals surface area contributed by atoms with Crippen LogP contribution in [0.2, 0.25) is 0 Å². The lowest BCUT2D eigenvalue weighted by Gasteiger charge is -2.32. The Kier molecular flexibility index (Phi) is 5.38. The molecule has 0 spiro atoms. The van der Waals surface area contributed by atoms with Crippen LogP contribution in [0.4, 0.5) is 0 Å². The minimum Gasteiger partial charge on any atom is -0.493 e. The standard InChI is InChI=1S/C19H26N2O3/c1-2-18(22)21-10-4-5-14(12-21)13-24-17-7-3-6-15(11-17)19(23)20-16-8-9-16/h3,6-7,11,14,16H,2,4-5,8-10,12-13H2,1H3,(H,20,23)/t14-/m1/s1. The predicted octanol–water partition coefficient (Wildman–Crippen LogP) is 2.61. The molecule has 1 saturated carbocycles. The second-order valence-corrected chi connectivity index (χ2v) is 6.79. The Balaban J connectivity index is 1.52. The molecule has 0 radical (unpaired) electrons. The topological polar surface area (TPSA) is 58.6 Å². The number of ether oxygens (including phenoxy) is 1. The van der Waals surface area contributed by atoms with Crippen molar-refractivity contribution in [2.24, 2.45) is 5.92 Å². The fourth-order valence-corrected chi connectivity index (χ4v) is 3.09. The van der Waals surface area contributed by atoms with Crippen molar-refractivity contribution in [3.8, 4) is 5.75 Å². The van der Waals surface area contributed by atoms with Gasteiger partial charge in [-0.3, -0.25) is 9.59 Å². The predicted molar refractivity (Wildman–Crippen MR) is 92.0 cm³/mol. The van der Waals surface area contributed by atoms with Crippen molar-refractivity contribution in [3.63, 3.8) is 0 Å². The molecular formula is C19H26N2O3. The molecule has 2 fully saturated rings. The fraction of sp³-hybridized carbons (Fsp3) is 0.579. The van der Waals surface area contributed by atoms with Crippen LogP contribution in [0, 0.1) is 5.92 Å². The van der Waals surface area contributed by atoms with Gasteiger partial charge in [0, 0.05) is 37.0 Å². The van der Waals surface area contributed by atoms with E-state index < -0.39 is 0 Å². The first kappa shape index (κ1) is 16.8. The summed E-state index contributed by atoms with van der Waals surface area (Å²) < 4.78 is 5.90. The van der Waals surface area contributed by atoms with E-state index in [-0.39, 0.29) is 11.8 Å². The number of carbonyl (C=O) groups excluding carboxylic acids is 2. The molecule has 0 aromatic heterocycles. The molecule has 130 valence electrons. The summed E-state index contributed by atoms with van der Waals surface area (Å²) in [6.45, 7) is 4.12.